The van der Waals surface area contributed by atoms with Gasteiger partial charge in [0.05, 0.1) is 24.8 Å². The highest BCUT2D eigenvalue weighted by atomic mass is 32.1. The molecule has 0 saturated heterocycles. The predicted molar refractivity (Wildman–Crippen MR) is 124 cm³/mol. The first-order chi connectivity index (χ1) is 15.1. The molecule has 6 heteroatoms. The quantitative estimate of drug-likeness (QED) is 0.497. The van der Waals surface area contributed by atoms with Crippen LogP contribution in [-0.4, -0.2) is 24.0 Å². The summed E-state index contributed by atoms with van der Waals surface area (Å²) in [5.41, 5.74) is 4.12. The van der Waals surface area contributed by atoms with Gasteiger partial charge in [-0.15, -0.1) is 11.3 Å². The molecule has 0 spiro atoms. The maximum Gasteiger partial charge on any atom is 0.337 e. The highest BCUT2D eigenvalue weighted by molar-refractivity contribution is 7.10. The molecule has 0 bridgehead atoms. The fourth-order valence-electron chi connectivity index (χ4n) is 3.47. The lowest BCUT2D eigenvalue weighted by Gasteiger charge is -2.22. The second kappa shape index (κ2) is 9.71. The minimum absolute atomic E-state index is 0.145. The second-order valence-corrected chi connectivity index (χ2v) is 8.50. The number of hydrogen-bond donors (Lipinski definition) is 1. The Hall–Kier alpha value is -3.25. The summed E-state index contributed by atoms with van der Waals surface area (Å²) >= 11 is 1.67. The van der Waals surface area contributed by atoms with Gasteiger partial charge >= 0.3 is 5.97 Å². The van der Waals surface area contributed by atoms with Gasteiger partial charge in [-0.25, -0.2) is 9.78 Å². The molecule has 4 rings (SSSR count). The number of aromatic nitrogens is 1. The fraction of sp³-hybridized carbons (Fsp3) is 0.240. The minimum atomic E-state index is -0.415. The highest BCUT2D eigenvalue weighted by Crippen LogP contribution is 2.36. The molecule has 2 aromatic carbocycles. The van der Waals surface area contributed by atoms with Crippen LogP contribution in [0.15, 0.2) is 53.9 Å². The smallest absolute Gasteiger partial charge is 0.337 e. The zero-order valence-electron chi connectivity index (χ0n) is 17.3. The summed E-state index contributed by atoms with van der Waals surface area (Å²) < 4.78 is 4.73. The van der Waals surface area contributed by atoms with Gasteiger partial charge in [-0.05, 0) is 54.3 Å². The van der Waals surface area contributed by atoms with Gasteiger partial charge in [0.2, 0.25) is 5.91 Å². The summed E-state index contributed by atoms with van der Waals surface area (Å²) in [4.78, 5) is 28.9. The molecule has 0 radical (unpaired) electrons. The first kappa shape index (κ1) is 21.0. The summed E-state index contributed by atoms with van der Waals surface area (Å²) in [5.74, 6) is 0.0836. The standard InChI is InChI=1S/C25H24N2O3S/c1-30-25(29)20-9-2-6-18(13-20)15-23(28)26-21-10-3-5-17(14-21)11-12-24-27-22(16-31-24)19-7-4-8-19/h2-3,5-6,9-14,16,19H,4,7-8,15H2,1H3,(H,26,28). The maximum absolute atomic E-state index is 12.5. The van der Waals surface area contributed by atoms with Crippen LogP contribution in [0.25, 0.3) is 12.2 Å². The molecule has 0 unspecified atom stereocenters. The van der Waals surface area contributed by atoms with Crippen LogP contribution in [0.4, 0.5) is 5.69 Å². The zero-order valence-corrected chi connectivity index (χ0v) is 18.2. The topological polar surface area (TPSA) is 68.3 Å². The number of hydrogen-bond acceptors (Lipinski definition) is 5. The van der Waals surface area contributed by atoms with E-state index < -0.39 is 5.97 Å². The molecule has 31 heavy (non-hydrogen) atoms. The molecule has 1 heterocycles. The van der Waals surface area contributed by atoms with Crippen molar-refractivity contribution in [2.24, 2.45) is 0 Å². The van der Waals surface area contributed by atoms with Gasteiger partial charge in [-0.3, -0.25) is 4.79 Å². The number of nitrogens with one attached hydrogen (secondary N) is 1. The van der Waals surface area contributed by atoms with Gasteiger partial charge in [0.1, 0.15) is 5.01 Å². The molecule has 1 N–H and O–H groups in total. The second-order valence-electron chi connectivity index (χ2n) is 7.61. The van der Waals surface area contributed by atoms with E-state index in [2.05, 4.69) is 10.7 Å². The molecule has 158 valence electrons. The van der Waals surface area contributed by atoms with Crippen LogP contribution in [0.1, 0.15) is 57.4 Å². The molecule has 0 atom stereocenters. The van der Waals surface area contributed by atoms with Crippen molar-refractivity contribution in [3.8, 4) is 0 Å². The number of amides is 1. The number of nitrogens with zero attached hydrogens (tertiary/aromatic N) is 1. The third-order valence-electron chi connectivity index (χ3n) is 5.36. The normalized spacial score (nSPS) is 13.7. The highest BCUT2D eigenvalue weighted by Gasteiger charge is 2.21. The molecule has 3 aromatic rings. The summed E-state index contributed by atoms with van der Waals surface area (Å²) in [6.07, 6.45) is 8.02. The summed E-state index contributed by atoms with van der Waals surface area (Å²) in [7, 11) is 1.34. The average Bonchev–Trinajstić information content (AvgIpc) is 3.19. The first-order valence-corrected chi connectivity index (χ1v) is 11.2. The van der Waals surface area contributed by atoms with Crippen LogP contribution in [-0.2, 0) is 16.0 Å². The van der Waals surface area contributed by atoms with E-state index in [1.54, 1.807) is 29.5 Å². The number of methoxy groups -OCH3 is 1. The molecule has 1 fully saturated rings. The van der Waals surface area contributed by atoms with Gasteiger partial charge in [-0.1, -0.05) is 36.8 Å². The number of anilines is 1. The Kier molecular flexibility index (Phi) is 6.57. The Morgan fingerprint density at radius 3 is 2.77 bits per heavy atom. The van der Waals surface area contributed by atoms with E-state index in [1.165, 1.54) is 32.1 Å². The van der Waals surface area contributed by atoms with E-state index in [9.17, 15) is 9.59 Å². The van der Waals surface area contributed by atoms with Crippen LogP contribution in [0.2, 0.25) is 0 Å². The largest absolute Gasteiger partial charge is 0.465 e. The van der Waals surface area contributed by atoms with E-state index in [-0.39, 0.29) is 12.3 Å². The number of ether oxygens (including phenoxy) is 1. The Labute approximate surface area is 185 Å². The molecule has 0 aliphatic heterocycles. The third kappa shape index (κ3) is 5.47. The Morgan fingerprint density at radius 1 is 1.16 bits per heavy atom. The Balaban J connectivity index is 1.37. The zero-order chi connectivity index (χ0) is 21.6. The van der Waals surface area contributed by atoms with E-state index in [4.69, 9.17) is 9.72 Å². The van der Waals surface area contributed by atoms with Crippen molar-refractivity contribution in [3.63, 3.8) is 0 Å². The van der Waals surface area contributed by atoms with Crippen LogP contribution >= 0.6 is 11.3 Å². The third-order valence-corrected chi connectivity index (χ3v) is 6.19. The minimum Gasteiger partial charge on any atom is -0.465 e. The van der Waals surface area contributed by atoms with E-state index >= 15 is 0 Å². The van der Waals surface area contributed by atoms with Gasteiger partial charge in [0.15, 0.2) is 0 Å². The summed E-state index contributed by atoms with van der Waals surface area (Å²) in [6, 6.07) is 14.6. The van der Waals surface area contributed by atoms with Crippen molar-refractivity contribution in [3.05, 3.63) is 81.3 Å². The van der Waals surface area contributed by atoms with Crippen molar-refractivity contribution in [1.29, 1.82) is 0 Å². The number of thiazole rings is 1. The number of carbonyl (C=O) groups excluding carboxylic acids is 2. The van der Waals surface area contributed by atoms with Crippen molar-refractivity contribution in [2.75, 3.05) is 12.4 Å². The van der Waals surface area contributed by atoms with E-state index in [0.29, 0.717) is 11.5 Å². The summed E-state index contributed by atoms with van der Waals surface area (Å²) in [6.45, 7) is 0. The Bertz CT molecular complexity index is 1120. The molecule has 1 amide bonds. The number of benzene rings is 2. The van der Waals surface area contributed by atoms with Gasteiger partial charge in [0, 0.05) is 17.0 Å². The van der Waals surface area contributed by atoms with E-state index in [0.717, 1.165) is 21.8 Å². The average molecular weight is 433 g/mol. The van der Waals surface area contributed by atoms with Gasteiger partial charge in [-0.2, -0.15) is 0 Å². The van der Waals surface area contributed by atoms with Crippen molar-refractivity contribution >= 4 is 41.1 Å². The molecule has 1 saturated carbocycles. The Morgan fingerprint density at radius 2 is 2.00 bits per heavy atom. The molecule has 1 aromatic heterocycles. The lowest BCUT2D eigenvalue weighted by atomic mass is 9.83. The molecular weight excluding hydrogens is 408 g/mol. The van der Waals surface area contributed by atoms with Crippen LogP contribution < -0.4 is 5.32 Å². The van der Waals surface area contributed by atoms with Crippen molar-refractivity contribution < 1.29 is 14.3 Å². The molecule has 1 aliphatic carbocycles. The number of rotatable bonds is 7. The van der Waals surface area contributed by atoms with Crippen molar-refractivity contribution in [2.45, 2.75) is 31.6 Å². The molecule has 5 nitrogen and oxygen atoms in total. The van der Waals surface area contributed by atoms with Crippen LogP contribution in [0, 0.1) is 0 Å². The van der Waals surface area contributed by atoms with E-state index in [1.807, 2.05) is 42.5 Å². The molecular formula is C25H24N2O3S. The molecule has 1 aliphatic rings. The number of carbonyl (C=O) groups is 2. The monoisotopic (exact) mass is 432 g/mol. The maximum atomic E-state index is 12.5. The van der Waals surface area contributed by atoms with Crippen LogP contribution in [0.5, 0.6) is 0 Å². The van der Waals surface area contributed by atoms with Crippen molar-refractivity contribution in [1.82, 2.24) is 4.98 Å². The van der Waals surface area contributed by atoms with Gasteiger partial charge in [0.25, 0.3) is 0 Å². The SMILES string of the molecule is COC(=O)c1cccc(CC(=O)Nc2cccc(C=Cc3nc(C4CCC4)cs3)c2)c1. The number of esters is 1. The summed E-state index contributed by atoms with van der Waals surface area (Å²) in [5, 5.41) is 6.09. The predicted octanol–water partition coefficient (Wildman–Crippen LogP) is 5.55. The first-order valence-electron chi connectivity index (χ1n) is 10.3. The van der Waals surface area contributed by atoms with Gasteiger partial charge < -0.3 is 10.1 Å². The fourth-order valence-corrected chi connectivity index (χ4v) is 4.26. The lowest BCUT2D eigenvalue weighted by molar-refractivity contribution is -0.115. The lowest BCUT2D eigenvalue weighted by Crippen LogP contribution is -2.14. The van der Waals surface area contributed by atoms with Crippen LogP contribution in [0.3, 0.4) is 0 Å².